The largest absolute Gasteiger partial charge is 0.496 e. The second kappa shape index (κ2) is 13.7. The quantitative estimate of drug-likeness (QED) is 0.215. The summed E-state index contributed by atoms with van der Waals surface area (Å²) in [5.41, 5.74) is 12.2. The highest BCUT2D eigenvalue weighted by Crippen LogP contribution is 2.35. The minimum absolute atomic E-state index is 0.0898. The van der Waals surface area contributed by atoms with E-state index in [0.717, 1.165) is 11.8 Å². The average molecular weight is 523 g/mol. The van der Waals surface area contributed by atoms with Crippen molar-refractivity contribution in [1.82, 2.24) is 0 Å². The topological polar surface area (TPSA) is 149 Å². The SMILES string of the molecule is COc1cc(OC)c(/C=C/S(=O)(=O)Cc2ccc(OC)c(OC(=O)[C@H](N)CCCCN)c2)c(OC)c1. The van der Waals surface area contributed by atoms with Crippen LogP contribution >= 0.6 is 0 Å². The molecule has 0 aliphatic heterocycles. The van der Waals surface area contributed by atoms with Crippen LogP contribution in [0.4, 0.5) is 0 Å². The van der Waals surface area contributed by atoms with E-state index in [4.69, 9.17) is 35.2 Å². The molecule has 0 aliphatic rings. The maximum Gasteiger partial charge on any atom is 0.328 e. The highest BCUT2D eigenvalue weighted by Gasteiger charge is 2.19. The van der Waals surface area contributed by atoms with Gasteiger partial charge in [-0.1, -0.05) is 12.5 Å². The molecule has 10 nitrogen and oxygen atoms in total. The van der Waals surface area contributed by atoms with Gasteiger partial charge in [-0.2, -0.15) is 0 Å². The number of ether oxygens (including phenoxy) is 5. The maximum absolute atomic E-state index is 12.9. The van der Waals surface area contributed by atoms with Gasteiger partial charge < -0.3 is 35.2 Å². The lowest BCUT2D eigenvalue weighted by Crippen LogP contribution is -2.34. The number of nitrogens with two attached hydrogens (primary N) is 2. The normalized spacial score (nSPS) is 12.3. The molecule has 2 aromatic carbocycles. The van der Waals surface area contributed by atoms with Crippen LogP contribution in [0.2, 0.25) is 0 Å². The molecule has 0 aromatic heterocycles. The summed E-state index contributed by atoms with van der Waals surface area (Å²) in [6.07, 6.45) is 3.27. The zero-order chi connectivity index (χ0) is 26.7. The summed E-state index contributed by atoms with van der Waals surface area (Å²) in [5, 5.41) is 1.07. The number of methoxy groups -OCH3 is 4. The van der Waals surface area contributed by atoms with Crippen LogP contribution in [-0.2, 0) is 20.4 Å². The van der Waals surface area contributed by atoms with E-state index in [1.165, 1.54) is 46.6 Å². The second-order valence-corrected chi connectivity index (χ2v) is 9.74. The third-order valence-electron chi connectivity index (χ3n) is 5.27. The van der Waals surface area contributed by atoms with Crippen molar-refractivity contribution in [3.63, 3.8) is 0 Å². The Hall–Kier alpha value is -3.28. The molecule has 0 amide bonds. The van der Waals surface area contributed by atoms with Gasteiger partial charge in [-0.05, 0) is 43.2 Å². The number of esters is 1. The molecule has 0 fully saturated rings. The van der Waals surface area contributed by atoms with Gasteiger partial charge in [0.1, 0.15) is 23.3 Å². The molecular weight excluding hydrogens is 488 g/mol. The molecule has 2 rings (SSSR count). The van der Waals surface area contributed by atoms with Crippen molar-refractivity contribution in [2.24, 2.45) is 11.5 Å². The van der Waals surface area contributed by atoms with Crippen LogP contribution in [0, 0.1) is 0 Å². The summed E-state index contributed by atoms with van der Waals surface area (Å²) in [6, 6.07) is 6.98. The number of benzene rings is 2. The minimum Gasteiger partial charge on any atom is -0.496 e. The smallest absolute Gasteiger partial charge is 0.328 e. The Balaban J connectivity index is 2.24. The third-order valence-corrected chi connectivity index (χ3v) is 6.56. The summed E-state index contributed by atoms with van der Waals surface area (Å²) >= 11 is 0. The first-order valence-electron chi connectivity index (χ1n) is 11.2. The molecule has 0 spiro atoms. The Morgan fingerprint density at radius 1 is 0.917 bits per heavy atom. The standard InChI is InChI=1S/C25H34N2O8S/c1-31-18-14-22(33-3)19(23(15-18)34-4)10-12-36(29,30)16-17-8-9-21(32-2)24(13-17)35-25(28)20(27)7-5-6-11-26/h8-10,12-15,20H,5-7,11,16,26-27H2,1-4H3/b12-10+/t20-/m1/s1. The van der Waals surface area contributed by atoms with Crippen LogP contribution in [0.1, 0.15) is 30.4 Å². The molecule has 0 saturated heterocycles. The molecular formula is C25H34N2O8S. The third kappa shape index (κ3) is 8.14. The van der Waals surface area contributed by atoms with Gasteiger partial charge in [0, 0.05) is 17.5 Å². The van der Waals surface area contributed by atoms with Crippen molar-refractivity contribution in [2.75, 3.05) is 35.0 Å². The van der Waals surface area contributed by atoms with E-state index in [-0.39, 0.29) is 17.3 Å². The van der Waals surface area contributed by atoms with Crippen LogP contribution in [0.25, 0.3) is 6.08 Å². The molecule has 0 saturated carbocycles. The number of hydrogen-bond donors (Lipinski definition) is 2. The second-order valence-electron chi connectivity index (χ2n) is 7.85. The van der Waals surface area contributed by atoms with Crippen molar-refractivity contribution in [3.8, 4) is 28.7 Å². The lowest BCUT2D eigenvalue weighted by Gasteiger charge is -2.14. The predicted octanol–water partition coefficient (Wildman–Crippen LogP) is 2.67. The van der Waals surface area contributed by atoms with Gasteiger partial charge in [-0.25, -0.2) is 13.2 Å². The Kier molecular flexibility index (Phi) is 11.0. The van der Waals surface area contributed by atoms with Crippen LogP contribution in [0.15, 0.2) is 35.7 Å². The van der Waals surface area contributed by atoms with Gasteiger partial charge in [0.05, 0.1) is 39.8 Å². The van der Waals surface area contributed by atoms with E-state index in [1.807, 2.05) is 0 Å². The van der Waals surface area contributed by atoms with E-state index in [2.05, 4.69) is 0 Å². The van der Waals surface area contributed by atoms with E-state index >= 15 is 0 Å². The van der Waals surface area contributed by atoms with Crippen LogP contribution in [0.3, 0.4) is 0 Å². The molecule has 0 unspecified atom stereocenters. The summed E-state index contributed by atoms with van der Waals surface area (Å²) in [6.45, 7) is 0.512. The number of unbranched alkanes of at least 4 members (excludes halogenated alkanes) is 1. The molecule has 0 heterocycles. The fourth-order valence-electron chi connectivity index (χ4n) is 3.35. The lowest BCUT2D eigenvalue weighted by molar-refractivity contribution is -0.136. The molecule has 1 atom stereocenters. The zero-order valence-electron chi connectivity index (χ0n) is 21.0. The van der Waals surface area contributed by atoms with E-state index in [0.29, 0.717) is 47.8 Å². The summed E-state index contributed by atoms with van der Waals surface area (Å²) in [5.74, 6) is 0.667. The highest BCUT2D eigenvalue weighted by atomic mass is 32.2. The van der Waals surface area contributed by atoms with Crippen molar-refractivity contribution in [3.05, 3.63) is 46.9 Å². The number of carbonyl (C=O) groups excluding carboxylic acids is 1. The van der Waals surface area contributed by atoms with E-state index in [1.54, 1.807) is 18.2 Å². The predicted molar refractivity (Wildman–Crippen MR) is 137 cm³/mol. The first kappa shape index (κ1) is 29.0. The summed E-state index contributed by atoms with van der Waals surface area (Å²) < 4.78 is 52.3. The number of carbonyl (C=O) groups is 1. The number of hydrogen-bond acceptors (Lipinski definition) is 10. The molecule has 4 N–H and O–H groups in total. The van der Waals surface area contributed by atoms with Crippen LogP contribution < -0.4 is 35.2 Å². The van der Waals surface area contributed by atoms with E-state index < -0.39 is 21.8 Å². The van der Waals surface area contributed by atoms with Crippen LogP contribution in [0.5, 0.6) is 28.7 Å². The van der Waals surface area contributed by atoms with Gasteiger partial charge in [0.15, 0.2) is 21.3 Å². The zero-order valence-corrected chi connectivity index (χ0v) is 21.8. The first-order valence-corrected chi connectivity index (χ1v) is 12.9. The average Bonchev–Trinajstić information content (AvgIpc) is 2.86. The monoisotopic (exact) mass is 522 g/mol. The van der Waals surface area contributed by atoms with Crippen molar-refractivity contribution >= 4 is 21.9 Å². The Morgan fingerprint density at radius 3 is 2.11 bits per heavy atom. The van der Waals surface area contributed by atoms with Gasteiger partial charge in [-0.3, -0.25) is 0 Å². The Morgan fingerprint density at radius 2 is 1.56 bits per heavy atom. The van der Waals surface area contributed by atoms with E-state index in [9.17, 15) is 13.2 Å². The number of sulfone groups is 1. The van der Waals surface area contributed by atoms with Gasteiger partial charge in [0.2, 0.25) is 0 Å². The summed E-state index contributed by atoms with van der Waals surface area (Å²) in [4.78, 5) is 12.4. The minimum atomic E-state index is -3.74. The fraction of sp³-hybridized carbons (Fsp3) is 0.400. The first-order chi connectivity index (χ1) is 17.2. The molecule has 2 aromatic rings. The fourth-order valence-corrected chi connectivity index (χ4v) is 4.43. The van der Waals surface area contributed by atoms with Gasteiger partial charge in [-0.15, -0.1) is 0 Å². The molecule has 0 aliphatic carbocycles. The summed E-state index contributed by atoms with van der Waals surface area (Å²) in [7, 11) is 2.11. The van der Waals surface area contributed by atoms with Crippen molar-refractivity contribution in [2.45, 2.75) is 31.1 Å². The highest BCUT2D eigenvalue weighted by molar-refractivity contribution is 7.93. The Bertz CT molecular complexity index is 1140. The number of rotatable bonds is 14. The van der Waals surface area contributed by atoms with Crippen molar-refractivity contribution < 1.29 is 36.9 Å². The lowest BCUT2D eigenvalue weighted by atomic mass is 10.1. The Labute approximate surface area is 212 Å². The maximum atomic E-state index is 12.9. The van der Waals surface area contributed by atoms with Gasteiger partial charge >= 0.3 is 5.97 Å². The van der Waals surface area contributed by atoms with Crippen molar-refractivity contribution in [1.29, 1.82) is 0 Å². The van der Waals surface area contributed by atoms with Gasteiger partial charge in [0.25, 0.3) is 0 Å². The molecule has 198 valence electrons. The molecule has 36 heavy (non-hydrogen) atoms. The molecule has 0 bridgehead atoms. The molecule has 11 heteroatoms. The molecule has 0 radical (unpaired) electrons. The van der Waals surface area contributed by atoms with Crippen LogP contribution in [-0.4, -0.2) is 55.4 Å².